The van der Waals surface area contributed by atoms with Gasteiger partial charge in [-0.2, -0.15) is 0 Å². The van der Waals surface area contributed by atoms with Gasteiger partial charge in [0.2, 0.25) is 0 Å². The van der Waals surface area contributed by atoms with Gasteiger partial charge >= 0.3 is 11.9 Å². The number of benzene rings is 2. The second-order valence-electron chi connectivity index (χ2n) is 5.75. The monoisotopic (exact) mass is 348 g/mol. The van der Waals surface area contributed by atoms with Crippen molar-refractivity contribution in [1.82, 2.24) is 0 Å². The molecule has 0 saturated heterocycles. The van der Waals surface area contributed by atoms with Crippen LogP contribution in [0.5, 0.6) is 11.5 Å². The van der Waals surface area contributed by atoms with Crippen LogP contribution in [0.15, 0.2) is 72.8 Å². The van der Waals surface area contributed by atoms with Crippen LogP contribution in [0, 0.1) is 0 Å². The fraction of sp³-hybridized carbons (Fsp3) is 0.0909. The number of rotatable bonds is 6. The Bertz CT molecular complexity index is 817. The van der Waals surface area contributed by atoms with E-state index in [2.05, 4.69) is 13.2 Å². The molecule has 0 aliphatic heterocycles. The van der Waals surface area contributed by atoms with Crippen molar-refractivity contribution in [2.45, 2.75) is 13.8 Å². The van der Waals surface area contributed by atoms with E-state index in [9.17, 15) is 9.59 Å². The van der Waals surface area contributed by atoms with Gasteiger partial charge in [0.25, 0.3) is 0 Å². The van der Waals surface area contributed by atoms with Gasteiger partial charge < -0.3 is 9.47 Å². The molecule has 0 radical (unpaired) electrons. The first-order valence-electron chi connectivity index (χ1n) is 8.00. The average molecular weight is 348 g/mol. The predicted octanol–water partition coefficient (Wildman–Crippen LogP) is 4.82. The molecule has 0 amide bonds. The lowest BCUT2D eigenvalue weighted by Gasteiger charge is -2.08. The summed E-state index contributed by atoms with van der Waals surface area (Å²) in [6, 6.07) is 14.3. The first-order chi connectivity index (χ1) is 12.4. The molecule has 132 valence electrons. The highest BCUT2D eigenvalue weighted by atomic mass is 16.5. The summed E-state index contributed by atoms with van der Waals surface area (Å²) in [5.41, 5.74) is 2.06. The molecule has 2 aromatic rings. The Kier molecular flexibility index (Phi) is 6.28. The molecule has 0 spiro atoms. The lowest BCUT2D eigenvalue weighted by Crippen LogP contribution is -2.09. The van der Waals surface area contributed by atoms with E-state index in [-0.39, 0.29) is 0 Å². The van der Waals surface area contributed by atoms with E-state index in [4.69, 9.17) is 9.47 Å². The van der Waals surface area contributed by atoms with Crippen LogP contribution in [-0.4, -0.2) is 11.9 Å². The van der Waals surface area contributed by atoms with Gasteiger partial charge in [-0.1, -0.05) is 61.7 Å². The Morgan fingerprint density at radius 2 is 1.08 bits per heavy atom. The molecule has 0 N–H and O–H groups in total. The summed E-state index contributed by atoms with van der Waals surface area (Å²) in [6.07, 6.45) is 3.57. The molecule has 0 bridgehead atoms. The Labute approximate surface area is 153 Å². The number of para-hydroxylation sites is 2. The van der Waals surface area contributed by atoms with Crippen molar-refractivity contribution in [3.8, 4) is 11.5 Å². The molecule has 0 fully saturated rings. The summed E-state index contributed by atoms with van der Waals surface area (Å²) >= 11 is 0. The van der Waals surface area contributed by atoms with Gasteiger partial charge in [-0.3, -0.25) is 0 Å². The molecule has 0 aliphatic rings. The van der Waals surface area contributed by atoms with Crippen LogP contribution in [0.4, 0.5) is 0 Å². The maximum Gasteiger partial charge on any atom is 0.338 e. The quantitative estimate of drug-likeness (QED) is 0.325. The highest BCUT2D eigenvalue weighted by Crippen LogP contribution is 2.25. The molecule has 0 aromatic heterocycles. The summed E-state index contributed by atoms with van der Waals surface area (Å²) in [5, 5.41) is 0. The standard InChI is InChI=1S/C22H20O4/c1-15(2)21(23)25-19-11-7-5-9-17(19)13-14-18-10-6-8-12-20(18)26-22(24)16(3)4/h5-14H,1,3H2,2,4H3/b14-13+. The smallest absolute Gasteiger partial charge is 0.338 e. The third kappa shape index (κ3) is 5.05. The molecule has 4 nitrogen and oxygen atoms in total. The van der Waals surface area contributed by atoms with Crippen LogP contribution in [0.1, 0.15) is 25.0 Å². The summed E-state index contributed by atoms with van der Waals surface area (Å²) in [4.78, 5) is 23.5. The van der Waals surface area contributed by atoms with E-state index >= 15 is 0 Å². The lowest BCUT2D eigenvalue weighted by molar-refractivity contribution is -0.131. The molecule has 26 heavy (non-hydrogen) atoms. The number of hydrogen-bond acceptors (Lipinski definition) is 4. The van der Waals surface area contributed by atoms with Crippen LogP contribution in [-0.2, 0) is 9.59 Å². The first-order valence-corrected chi connectivity index (χ1v) is 8.00. The molecule has 4 heteroatoms. The van der Waals surface area contributed by atoms with Gasteiger partial charge in [-0.25, -0.2) is 9.59 Å². The fourth-order valence-electron chi connectivity index (χ4n) is 1.98. The number of hydrogen-bond donors (Lipinski definition) is 0. The zero-order valence-corrected chi connectivity index (χ0v) is 14.8. The molecular formula is C22H20O4. The molecule has 0 aliphatic carbocycles. The SMILES string of the molecule is C=C(C)C(=O)Oc1ccccc1/C=C/c1ccccc1OC(=O)C(=C)C. The van der Waals surface area contributed by atoms with Crippen molar-refractivity contribution < 1.29 is 19.1 Å². The highest BCUT2D eigenvalue weighted by molar-refractivity contribution is 5.90. The molecule has 0 atom stereocenters. The van der Waals surface area contributed by atoms with E-state index in [0.717, 1.165) is 0 Å². The first kappa shape index (κ1) is 18.9. The van der Waals surface area contributed by atoms with Crippen molar-refractivity contribution in [2.24, 2.45) is 0 Å². The Morgan fingerprint density at radius 3 is 1.42 bits per heavy atom. The number of esters is 2. The maximum atomic E-state index is 11.8. The second-order valence-corrected chi connectivity index (χ2v) is 5.75. The van der Waals surface area contributed by atoms with Crippen LogP contribution in [0.2, 0.25) is 0 Å². The van der Waals surface area contributed by atoms with Crippen LogP contribution in [0.3, 0.4) is 0 Å². The molecule has 2 rings (SSSR count). The van der Waals surface area contributed by atoms with Crippen molar-refractivity contribution >= 4 is 24.1 Å². The minimum absolute atomic E-state index is 0.320. The number of carbonyl (C=O) groups excluding carboxylic acids is 2. The van der Waals surface area contributed by atoms with Gasteiger partial charge in [-0.15, -0.1) is 0 Å². The third-order valence-electron chi connectivity index (χ3n) is 3.38. The van der Waals surface area contributed by atoms with E-state index in [0.29, 0.717) is 33.8 Å². The minimum atomic E-state index is -0.485. The zero-order chi connectivity index (χ0) is 19.1. The van der Waals surface area contributed by atoms with E-state index in [1.165, 1.54) is 0 Å². The topological polar surface area (TPSA) is 52.6 Å². The van der Waals surface area contributed by atoms with Gasteiger partial charge in [0, 0.05) is 22.3 Å². The number of carbonyl (C=O) groups is 2. The minimum Gasteiger partial charge on any atom is -0.423 e. The Balaban J connectivity index is 2.28. The molecule has 0 saturated carbocycles. The van der Waals surface area contributed by atoms with Gasteiger partial charge in [0.15, 0.2) is 0 Å². The van der Waals surface area contributed by atoms with Gasteiger partial charge in [0.1, 0.15) is 11.5 Å². The van der Waals surface area contributed by atoms with E-state index < -0.39 is 11.9 Å². The predicted molar refractivity (Wildman–Crippen MR) is 103 cm³/mol. The Morgan fingerprint density at radius 1 is 0.731 bits per heavy atom. The van der Waals surface area contributed by atoms with E-state index in [1.807, 2.05) is 24.3 Å². The molecule has 0 heterocycles. The maximum absolute atomic E-state index is 11.8. The zero-order valence-electron chi connectivity index (χ0n) is 14.8. The largest absolute Gasteiger partial charge is 0.423 e. The van der Waals surface area contributed by atoms with Gasteiger partial charge in [0.05, 0.1) is 0 Å². The van der Waals surface area contributed by atoms with E-state index in [1.54, 1.807) is 50.3 Å². The second kappa shape index (κ2) is 8.62. The Hall–Kier alpha value is -3.40. The molecular weight excluding hydrogens is 328 g/mol. The average Bonchev–Trinajstić information content (AvgIpc) is 2.61. The lowest BCUT2D eigenvalue weighted by atomic mass is 10.1. The van der Waals surface area contributed by atoms with Crippen LogP contribution in [0.25, 0.3) is 12.2 Å². The molecule has 0 unspecified atom stereocenters. The summed E-state index contributed by atoms with van der Waals surface area (Å²) < 4.78 is 10.7. The highest BCUT2D eigenvalue weighted by Gasteiger charge is 2.10. The van der Waals surface area contributed by atoms with Gasteiger partial charge in [-0.05, 0) is 26.0 Å². The van der Waals surface area contributed by atoms with Crippen LogP contribution >= 0.6 is 0 Å². The van der Waals surface area contributed by atoms with Crippen LogP contribution < -0.4 is 9.47 Å². The number of ether oxygens (including phenoxy) is 2. The third-order valence-corrected chi connectivity index (χ3v) is 3.38. The van der Waals surface area contributed by atoms with Crippen molar-refractivity contribution in [2.75, 3.05) is 0 Å². The summed E-state index contributed by atoms with van der Waals surface area (Å²) in [7, 11) is 0. The van der Waals surface area contributed by atoms with Crippen molar-refractivity contribution in [3.05, 3.63) is 84.0 Å². The van der Waals surface area contributed by atoms with Crippen molar-refractivity contribution in [3.63, 3.8) is 0 Å². The van der Waals surface area contributed by atoms with Crippen molar-refractivity contribution in [1.29, 1.82) is 0 Å². The summed E-state index contributed by atoms with van der Waals surface area (Å²) in [6.45, 7) is 10.3. The normalized spacial score (nSPS) is 10.4. The fourth-order valence-corrected chi connectivity index (χ4v) is 1.98. The summed E-state index contributed by atoms with van der Waals surface area (Å²) in [5.74, 6) is -0.121. The molecule has 2 aromatic carbocycles.